The Labute approximate surface area is 148 Å². The molecule has 0 N–H and O–H groups in total. The van der Waals surface area contributed by atoms with Crippen molar-refractivity contribution in [2.75, 3.05) is 20.1 Å². The van der Waals surface area contributed by atoms with Gasteiger partial charge in [-0.15, -0.1) is 12.3 Å². The molecule has 1 atom stereocenters. The van der Waals surface area contributed by atoms with Crippen molar-refractivity contribution in [2.24, 2.45) is 10.2 Å². The van der Waals surface area contributed by atoms with Crippen LogP contribution in [-0.4, -0.2) is 52.5 Å². The molecule has 0 radical (unpaired) electrons. The van der Waals surface area contributed by atoms with Crippen LogP contribution in [0.3, 0.4) is 0 Å². The molecular formula is C18H25N5O2. The third-order valence-electron chi connectivity index (χ3n) is 5.17. The molecule has 0 aliphatic carbocycles. The van der Waals surface area contributed by atoms with Gasteiger partial charge in [-0.05, 0) is 20.4 Å². The van der Waals surface area contributed by atoms with E-state index in [1.54, 1.807) is 0 Å². The van der Waals surface area contributed by atoms with E-state index in [0.717, 1.165) is 43.9 Å². The lowest BCUT2D eigenvalue weighted by Crippen LogP contribution is -2.36. The van der Waals surface area contributed by atoms with Gasteiger partial charge in [-0.1, -0.05) is 0 Å². The van der Waals surface area contributed by atoms with Gasteiger partial charge in [-0.25, -0.2) is 4.98 Å². The Balaban J connectivity index is 1.43. The van der Waals surface area contributed by atoms with Crippen LogP contribution in [0.1, 0.15) is 43.6 Å². The van der Waals surface area contributed by atoms with Crippen molar-refractivity contribution < 1.29 is 9.21 Å². The van der Waals surface area contributed by atoms with Crippen molar-refractivity contribution in [1.82, 2.24) is 14.8 Å². The van der Waals surface area contributed by atoms with Gasteiger partial charge in [0.25, 0.3) is 0 Å². The van der Waals surface area contributed by atoms with E-state index in [1.807, 2.05) is 11.8 Å². The van der Waals surface area contributed by atoms with E-state index in [-0.39, 0.29) is 11.6 Å². The van der Waals surface area contributed by atoms with Crippen molar-refractivity contribution in [2.45, 2.75) is 57.3 Å². The lowest BCUT2D eigenvalue weighted by molar-refractivity contribution is -0.130. The number of nitrogens with zero attached hydrogens (tertiary/aromatic N) is 5. The number of hydrogen-bond donors (Lipinski definition) is 0. The fraction of sp³-hybridized carbons (Fsp3) is 0.667. The Bertz CT molecular complexity index is 684. The Morgan fingerprint density at radius 1 is 1.52 bits per heavy atom. The average Bonchev–Trinajstić information content (AvgIpc) is 3.00. The van der Waals surface area contributed by atoms with Gasteiger partial charge in [0.2, 0.25) is 5.91 Å². The van der Waals surface area contributed by atoms with Crippen LogP contribution >= 0.6 is 0 Å². The van der Waals surface area contributed by atoms with Crippen LogP contribution in [-0.2, 0) is 11.3 Å². The topological polar surface area (TPSA) is 74.3 Å². The minimum Gasteiger partial charge on any atom is -0.448 e. The number of aromatic nitrogens is 1. The molecule has 7 nitrogen and oxygen atoms in total. The molecule has 1 amide bonds. The van der Waals surface area contributed by atoms with Gasteiger partial charge in [-0.2, -0.15) is 10.2 Å². The molecule has 0 bridgehead atoms. The lowest BCUT2D eigenvalue weighted by atomic mass is 10.0. The molecule has 3 rings (SSSR count). The monoisotopic (exact) mass is 343 g/mol. The van der Waals surface area contributed by atoms with Gasteiger partial charge >= 0.3 is 0 Å². The van der Waals surface area contributed by atoms with Gasteiger partial charge in [0, 0.05) is 51.4 Å². The maximum absolute atomic E-state index is 12.5. The normalized spacial score (nSPS) is 20.9. The molecule has 3 heterocycles. The number of aryl methyl sites for hydroxylation is 1. The zero-order valence-electron chi connectivity index (χ0n) is 14.9. The second kappa shape index (κ2) is 7.36. The van der Waals surface area contributed by atoms with Crippen molar-refractivity contribution in [3.8, 4) is 12.3 Å². The minimum absolute atomic E-state index is 0.186. The summed E-state index contributed by atoms with van der Waals surface area (Å²) in [5.74, 6) is 3.65. The third-order valence-corrected chi connectivity index (χ3v) is 5.17. The van der Waals surface area contributed by atoms with Crippen LogP contribution in [0, 0.1) is 19.3 Å². The predicted octanol–water partition coefficient (Wildman–Crippen LogP) is 2.37. The van der Waals surface area contributed by atoms with Crippen LogP contribution < -0.4 is 0 Å². The number of carbonyl (C=O) groups excluding carboxylic acids is 1. The van der Waals surface area contributed by atoms with Crippen LogP contribution in [0.25, 0.3) is 0 Å². The van der Waals surface area contributed by atoms with E-state index in [0.29, 0.717) is 25.3 Å². The second-order valence-corrected chi connectivity index (χ2v) is 6.94. The smallest absolute Gasteiger partial charge is 0.222 e. The summed E-state index contributed by atoms with van der Waals surface area (Å²) < 4.78 is 5.25. The number of oxazole rings is 1. The molecule has 1 aromatic rings. The van der Waals surface area contributed by atoms with Crippen LogP contribution in [0.4, 0.5) is 0 Å². The highest BCUT2D eigenvalue weighted by molar-refractivity contribution is 5.76. The summed E-state index contributed by atoms with van der Waals surface area (Å²) in [5, 5.41) is 8.20. The van der Waals surface area contributed by atoms with Crippen molar-refractivity contribution in [3.63, 3.8) is 0 Å². The maximum atomic E-state index is 12.5. The molecule has 0 saturated carbocycles. The van der Waals surface area contributed by atoms with Gasteiger partial charge in [0.1, 0.15) is 5.76 Å². The predicted molar refractivity (Wildman–Crippen MR) is 92.6 cm³/mol. The highest BCUT2D eigenvalue weighted by Crippen LogP contribution is 2.37. The Morgan fingerprint density at radius 3 is 2.96 bits per heavy atom. The Hall–Kier alpha value is -2.20. The molecule has 2 aliphatic rings. The first kappa shape index (κ1) is 17.6. The molecule has 1 saturated heterocycles. The number of likely N-dealkylation sites (N-methyl/N-ethyl adjacent to an activating group) is 1. The number of rotatable bonds is 8. The fourth-order valence-corrected chi connectivity index (χ4v) is 3.31. The molecule has 0 aromatic carbocycles. The first-order valence-corrected chi connectivity index (χ1v) is 8.77. The summed E-state index contributed by atoms with van der Waals surface area (Å²) in [4.78, 5) is 20.9. The van der Waals surface area contributed by atoms with E-state index in [4.69, 9.17) is 10.8 Å². The first-order valence-electron chi connectivity index (χ1n) is 8.77. The molecule has 2 aliphatic heterocycles. The summed E-state index contributed by atoms with van der Waals surface area (Å²) in [6.45, 7) is 4.22. The lowest BCUT2D eigenvalue weighted by Gasteiger charge is -2.24. The summed E-state index contributed by atoms with van der Waals surface area (Å²) in [6, 6.07) is 0.353. The van der Waals surface area contributed by atoms with Gasteiger partial charge in [0.15, 0.2) is 12.1 Å². The van der Waals surface area contributed by atoms with Crippen molar-refractivity contribution >= 4 is 5.91 Å². The zero-order valence-corrected chi connectivity index (χ0v) is 14.9. The van der Waals surface area contributed by atoms with Gasteiger partial charge in [-0.3, -0.25) is 9.69 Å². The maximum Gasteiger partial charge on any atom is 0.222 e. The molecule has 1 aromatic heterocycles. The molecule has 0 spiro atoms. The number of terminal acetylenes is 1. The molecule has 7 heteroatoms. The van der Waals surface area contributed by atoms with Crippen molar-refractivity contribution in [3.05, 3.63) is 17.8 Å². The molecule has 25 heavy (non-hydrogen) atoms. The Morgan fingerprint density at radius 2 is 2.32 bits per heavy atom. The average molecular weight is 343 g/mol. The minimum atomic E-state index is -0.373. The first-order chi connectivity index (χ1) is 12.0. The summed E-state index contributed by atoms with van der Waals surface area (Å²) in [7, 11) is 2.07. The Kier molecular flexibility index (Phi) is 5.19. The summed E-state index contributed by atoms with van der Waals surface area (Å²) in [5.41, 5.74) is 0.585. The van der Waals surface area contributed by atoms with E-state index in [1.165, 1.54) is 6.39 Å². The van der Waals surface area contributed by atoms with E-state index in [2.05, 4.69) is 33.1 Å². The SMILES string of the molecule is C#CCCC1(CCC(=O)N2CCC(N(C)Cc3ncoc3C)C2)N=N1. The quantitative estimate of drug-likeness (QED) is 0.679. The fourth-order valence-electron chi connectivity index (χ4n) is 3.31. The van der Waals surface area contributed by atoms with E-state index < -0.39 is 0 Å². The number of likely N-dealkylation sites (tertiary alicyclic amines) is 1. The number of carbonyl (C=O) groups is 1. The summed E-state index contributed by atoms with van der Waals surface area (Å²) >= 11 is 0. The molecule has 1 unspecified atom stereocenters. The molecular weight excluding hydrogens is 318 g/mol. The van der Waals surface area contributed by atoms with E-state index in [9.17, 15) is 4.79 Å². The van der Waals surface area contributed by atoms with Gasteiger partial charge < -0.3 is 9.32 Å². The van der Waals surface area contributed by atoms with Crippen LogP contribution in [0.5, 0.6) is 0 Å². The largest absolute Gasteiger partial charge is 0.448 e. The second-order valence-electron chi connectivity index (χ2n) is 6.94. The van der Waals surface area contributed by atoms with Crippen LogP contribution in [0.2, 0.25) is 0 Å². The number of hydrogen-bond acceptors (Lipinski definition) is 6. The van der Waals surface area contributed by atoms with E-state index >= 15 is 0 Å². The van der Waals surface area contributed by atoms with Crippen LogP contribution in [0.15, 0.2) is 21.0 Å². The standard InChI is InChI=1S/C18H25N5O2/c1-4-5-8-18(20-21-18)9-6-17(24)23-10-7-15(11-23)22(3)12-16-14(2)25-13-19-16/h1,13,15H,5-12H2,2-3H3. The highest BCUT2D eigenvalue weighted by Gasteiger charge is 2.40. The number of amides is 1. The van der Waals surface area contributed by atoms with Gasteiger partial charge in [0.05, 0.1) is 5.69 Å². The highest BCUT2D eigenvalue weighted by atomic mass is 16.3. The third kappa shape index (κ3) is 4.26. The summed E-state index contributed by atoms with van der Waals surface area (Å²) in [6.07, 6.45) is 10.3. The molecule has 134 valence electrons. The molecule has 1 fully saturated rings. The van der Waals surface area contributed by atoms with Crippen molar-refractivity contribution in [1.29, 1.82) is 0 Å². The zero-order chi connectivity index (χ0) is 17.9.